The summed E-state index contributed by atoms with van der Waals surface area (Å²) in [5.41, 5.74) is 7.58. The monoisotopic (exact) mass is 481 g/mol. The fourth-order valence-corrected chi connectivity index (χ4v) is 3.43. The van der Waals surface area contributed by atoms with Crippen LogP contribution in [0.2, 0.25) is 0 Å². The Kier molecular flexibility index (Phi) is 15.4. The maximum atomic E-state index is 2.36. The molecule has 0 saturated carbocycles. The summed E-state index contributed by atoms with van der Waals surface area (Å²) in [5, 5.41) is 0. The summed E-state index contributed by atoms with van der Waals surface area (Å²) in [4.78, 5) is 2.36. The van der Waals surface area contributed by atoms with Gasteiger partial charge in [-0.15, -0.1) is 0 Å². The minimum atomic E-state index is 0.405. The Hall–Kier alpha value is -3.32. The highest BCUT2D eigenvalue weighted by Crippen LogP contribution is 2.30. The summed E-state index contributed by atoms with van der Waals surface area (Å²) < 4.78 is 0. The van der Waals surface area contributed by atoms with E-state index >= 15 is 0 Å². The second-order valence-electron chi connectivity index (χ2n) is 9.28. The third-order valence-electron chi connectivity index (χ3n) is 5.02. The van der Waals surface area contributed by atoms with E-state index in [1.807, 2.05) is 18.2 Å². The highest BCUT2D eigenvalue weighted by atomic mass is 15.2. The lowest BCUT2D eigenvalue weighted by atomic mass is 10.0. The van der Waals surface area contributed by atoms with Crippen molar-refractivity contribution in [2.75, 3.05) is 4.90 Å². The molecular formula is C35H47N. The summed E-state index contributed by atoms with van der Waals surface area (Å²) in [7, 11) is 0. The van der Waals surface area contributed by atoms with E-state index in [-0.39, 0.29) is 0 Å². The summed E-state index contributed by atoms with van der Waals surface area (Å²) in [6, 6.07) is 38.7. The van der Waals surface area contributed by atoms with Crippen molar-refractivity contribution in [2.24, 2.45) is 0 Å². The highest BCUT2D eigenvalue weighted by Gasteiger charge is 2.12. The van der Waals surface area contributed by atoms with Crippen molar-refractivity contribution in [3.05, 3.63) is 120 Å². The fourth-order valence-electron chi connectivity index (χ4n) is 3.43. The van der Waals surface area contributed by atoms with Crippen LogP contribution < -0.4 is 4.90 Å². The molecule has 0 bridgehead atoms. The number of rotatable bonds is 4. The van der Waals surface area contributed by atoms with Crippen molar-refractivity contribution < 1.29 is 0 Å². The van der Waals surface area contributed by atoms with Crippen LogP contribution in [0.15, 0.2) is 109 Å². The molecule has 0 aromatic heterocycles. The smallest absolute Gasteiger partial charge is 0.0413 e. The van der Waals surface area contributed by atoms with Crippen molar-refractivity contribution in [1.29, 1.82) is 0 Å². The largest absolute Gasteiger partial charge is 0.339 e. The van der Waals surface area contributed by atoms with Crippen LogP contribution in [0, 0.1) is 13.8 Å². The van der Waals surface area contributed by atoms with Gasteiger partial charge in [0.05, 0.1) is 0 Å². The minimum Gasteiger partial charge on any atom is -0.339 e. The Morgan fingerprint density at radius 1 is 0.472 bits per heavy atom. The van der Waals surface area contributed by atoms with E-state index in [1.165, 1.54) is 46.5 Å². The molecule has 0 aliphatic rings. The van der Waals surface area contributed by atoms with Gasteiger partial charge in [-0.05, 0) is 63.1 Å². The number of hydrogen-bond donors (Lipinski definition) is 0. The SMILES string of the molecule is CCC.CCC.Cc1ccc(-c2ccc(N(c3ccccc3)C(C)C)cc2)cc1.Cc1ccccc1. The molecule has 0 fully saturated rings. The Morgan fingerprint density at radius 3 is 1.17 bits per heavy atom. The first-order valence-electron chi connectivity index (χ1n) is 13.4. The Morgan fingerprint density at radius 2 is 0.806 bits per heavy atom. The van der Waals surface area contributed by atoms with Crippen molar-refractivity contribution in [3.8, 4) is 11.1 Å². The average molecular weight is 482 g/mol. The maximum Gasteiger partial charge on any atom is 0.0413 e. The van der Waals surface area contributed by atoms with Gasteiger partial charge in [-0.3, -0.25) is 0 Å². The Balaban J connectivity index is 0.000000411. The summed E-state index contributed by atoms with van der Waals surface area (Å²) >= 11 is 0. The molecule has 0 saturated heterocycles. The van der Waals surface area contributed by atoms with E-state index in [2.05, 4.69) is 151 Å². The summed E-state index contributed by atoms with van der Waals surface area (Å²) in [6.45, 7) is 17.1. The third-order valence-corrected chi connectivity index (χ3v) is 5.02. The molecule has 0 radical (unpaired) electrons. The molecule has 0 N–H and O–H groups in total. The van der Waals surface area contributed by atoms with E-state index in [1.54, 1.807) is 0 Å². The number of anilines is 2. The molecular weight excluding hydrogens is 434 g/mol. The predicted octanol–water partition coefficient (Wildman–Crippen LogP) is 11.0. The molecule has 4 aromatic carbocycles. The fraction of sp³-hybridized carbons (Fsp3) is 0.314. The molecule has 0 amide bonds. The lowest BCUT2D eigenvalue weighted by Crippen LogP contribution is -2.25. The lowest BCUT2D eigenvalue weighted by molar-refractivity contribution is 0.789. The van der Waals surface area contributed by atoms with Gasteiger partial charge in [-0.1, -0.05) is 137 Å². The molecule has 36 heavy (non-hydrogen) atoms. The summed E-state index contributed by atoms with van der Waals surface area (Å²) in [6.07, 6.45) is 2.50. The quantitative estimate of drug-likeness (QED) is 0.280. The first-order valence-corrected chi connectivity index (χ1v) is 13.4. The van der Waals surface area contributed by atoms with Crippen LogP contribution in [-0.2, 0) is 0 Å². The molecule has 1 nitrogen and oxygen atoms in total. The molecule has 0 heterocycles. The molecule has 4 rings (SSSR count). The van der Waals surface area contributed by atoms with E-state index in [4.69, 9.17) is 0 Å². The van der Waals surface area contributed by atoms with Gasteiger partial charge in [0, 0.05) is 17.4 Å². The van der Waals surface area contributed by atoms with Crippen LogP contribution in [0.25, 0.3) is 11.1 Å². The van der Waals surface area contributed by atoms with Crippen LogP contribution in [0.4, 0.5) is 11.4 Å². The number of nitrogens with zero attached hydrogens (tertiary/aromatic N) is 1. The van der Waals surface area contributed by atoms with Crippen molar-refractivity contribution in [3.63, 3.8) is 0 Å². The van der Waals surface area contributed by atoms with Crippen LogP contribution in [0.3, 0.4) is 0 Å². The first kappa shape index (κ1) is 30.7. The zero-order valence-corrected chi connectivity index (χ0v) is 23.8. The van der Waals surface area contributed by atoms with Crippen LogP contribution in [0.1, 0.15) is 65.5 Å². The molecule has 0 aliphatic carbocycles. The van der Waals surface area contributed by atoms with Gasteiger partial charge in [0.1, 0.15) is 0 Å². The van der Waals surface area contributed by atoms with Crippen LogP contribution in [-0.4, -0.2) is 6.04 Å². The Labute approximate surface area is 221 Å². The molecule has 192 valence electrons. The van der Waals surface area contributed by atoms with Crippen molar-refractivity contribution in [2.45, 2.75) is 74.3 Å². The second kappa shape index (κ2) is 18.0. The molecule has 0 spiro atoms. The molecule has 0 unspecified atom stereocenters. The highest BCUT2D eigenvalue weighted by molar-refractivity contribution is 5.70. The summed E-state index contributed by atoms with van der Waals surface area (Å²) in [5.74, 6) is 0. The van der Waals surface area contributed by atoms with Crippen LogP contribution in [0.5, 0.6) is 0 Å². The van der Waals surface area contributed by atoms with Gasteiger partial charge < -0.3 is 4.90 Å². The number of para-hydroxylation sites is 1. The maximum absolute atomic E-state index is 2.36. The zero-order chi connectivity index (χ0) is 26.8. The average Bonchev–Trinajstić information content (AvgIpc) is 2.87. The zero-order valence-electron chi connectivity index (χ0n) is 23.8. The van der Waals surface area contributed by atoms with Gasteiger partial charge in [0.2, 0.25) is 0 Å². The van der Waals surface area contributed by atoms with Crippen molar-refractivity contribution >= 4 is 11.4 Å². The van der Waals surface area contributed by atoms with Gasteiger partial charge in [-0.25, -0.2) is 0 Å². The molecule has 0 atom stereocenters. The third kappa shape index (κ3) is 11.4. The van der Waals surface area contributed by atoms with E-state index < -0.39 is 0 Å². The Bertz CT molecular complexity index is 1030. The van der Waals surface area contributed by atoms with Gasteiger partial charge in [0.15, 0.2) is 0 Å². The topological polar surface area (TPSA) is 3.24 Å². The molecule has 0 aliphatic heterocycles. The normalized spacial score (nSPS) is 9.58. The number of aryl methyl sites for hydroxylation is 2. The minimum absolute atomic E-state index is 0.405. The molecule has 1 heteroatoms. The number of benzene rings is 4. The molecule has 4 aromatic rings. The van der Waals surface area contributed by atoms with E-state index in [0.29, 0.717) is 6.04 Å². The van der Waals surface area contributed by atoms with Gasteiger partial charge in [-0.2, -0.15) is 0 Å². The first-order chi connectivity index (χ1) is 17.4. The van der Waals surface area contributed by atoms with Gasteiger partial charge >= 0.3 is 0 Å². The standard InChI is InChI=1S/C22H23N.C7H8.2C3H8/c1-17(2)23(21-7-5-4-6-8-21)22-15-13-20(14-16-22)19-11-9-18(3)10-12-19;1-7-5-3-2-4-6-7;2*1-3-2/h4-17H,1-3H3;2-6H,1H3;2*3H2,1-2H3. The van der Waals surface area contributed by atoms with Gasteiger partial charge in [0.25, 0.3) is 0 Å². The lowest BCUT2D eigenvalue weighted by Gasteiger charge is -2.29. The van der Waals surface area contributed by atoms with E-state index in [9.17, 15) is 0 Å². The predicted molar refractivity (Wildman–Crippen MR) is 163 cm³/mol. The second-order valence-corrected chi connectivity index (χ2v) is 9.28. The number of hydrogen-bond acceptors (Lipinski definition) is 1. The van der Waals surface area contributed by atoms with E-state index in [0.717, 1.165) is 0 Å². The van der Waals surface area contributed by atoms with Crippen LogP contribution >= 0.6 is 0 Å². The van der Waals surface area contributed by atoms with Crippen molar-refractivity contribution in [1.82, 2.24) is 0 Å².